The Bertz CT molecular complexity index is 1620. The van der Waals surface area contributed by atoms with Gasteiger partial charge >= 0.3 is 6.09 Å². The molecule has 0 spiro atoms. The summed E-state index contributed by atoms with van der Waals surface area (Å²) >= 11 is 0. The van der Waals surface area contributed by atoms with E-state index in [4.69, 9.17) is 21.0 Å². The molecule has 1 aliphatic carbocycles. The van der Waals surface area contributed by atoms with Crippen molar-refractivity contribution in [2.45, 2.75) is 70.6 Å². The molecule has 0 bridgehead atoms. The highest BCUT2D eigenvalue weighted by molar-refractivity contribution is 5.83. The Balaban J connectivity index is 1.21. The first-order chi connectivity index (χ1) is 20.7. The standard InChI is InChI=1S/C36H40N4O3/c1-35(2,3)43-34(41)39-20-18-36(19-21-39,29-8-6-5-7-9-29)25-42-24-33-38-31-17-14-28(27-12-15-30(37-4)16-13-27)22-32(31)40(33)23-26-10-11-26/h5-9,12-17,22,26H,10-11,18-21,23-25H2,1-3H3. The number of carbonyl (C=O) groups excluding carboxylic acids is 1. The van der Waals surface area contributed by atoms with E-state index in [1.807, 2.05) is 56.0 Å². The fraction of sp³-hybridized carbons (Fsp3) is 0.417. The number of piperidine rings is 1. The number of fused-ring (bicyclic) bond motifs is 1. The van der Waals surface area contributed by atoms with Gasteiger partial charge in [0.2, 0.25) is 0 Å². The Morgan fingerprint density at radius 3 is 2.35 bits per heavy atom. The number of nitrogens with zero attached hydrogens (tertiary/aromatic N) is 4. The van der Waals surface area contributed by atoms with Crippen LogP contribution in [-0.4, -0.2) is 45.8 Å². The summed E-state index contributed by atoms with van der Waals surface area (Å²) in [6, 6.07) is 24.8. The second kappa shape index (κ2) is 11.9. The molecule has 3 aromatic carbocycles. The normalized spacial score (nSPS) is 16.7. The second-order valence-electron chi connectivity index (χ2n) is 13.1. The molecule has 1 saturated heterocycles. The van der Waals surface area contributed by atoms with Crippen molar-refractivity contribution < 1.29 is 14.3 Å². The molecular formula is C36H40N4O3. The van der Waals surface area contributed by atoms with Crippen molar-refractivity contribution in [3.05, 3.63) is 95.6 Å². The van der Waals surface area contributed by atoms with Crippen LogP contribution in [0.2, 0.25) is 0 Å². The van der Waals surface area contributed by atoms with Gasteiger partial charge in [-0.25, -0.2) is 14.6 Å². The molecule has 2 heterocycles. The lowest BCUT2D eigenvalue weighted by molar-refractivity contribution is 0.00242. The third-order valence-electron chi connectivity index (χ3n) is 8.66. The summed E-state index contributed by atoms with van der Waals surface area (Å²) in [6.45, 7) is 16.2. The van der Waals surface area contributed by atoms with E-state index in [-0.39, 0.29) is 11.5 Å². The van der Waals surface area contributed by atoms with Gasteiger partial charge in [-0.05, 0) is 81.2 Å². The average Bonchev–Trinajstić information content (AvgIpc) is 3.77. The fourth-order valence-electron chi connectivity index (χ4n) is 6.04. The van der Waals surface area contributed by atoms with Gasteiger partial charge in [0, 0.05) is 25.0 Å². The van der Waals surface area contributed by atoms with Gasteiger partial charge in [-0.3, -0.25) is 0 Å². The first-order valence-electron chi connectivity index (χ1n) is 15.3. The molecule has 0 unspecified atom stereocenters. The molecule has 1 saturated carbocycles. The number of rotatable bonds is 8. The van der Waals surface area contributed by atoms with E-state index in [2.05, 4.69) is 51.9 Å². The summed E-state index contributed by atoms with van der Waals surface area (Å²) in [4.78, 5) is 23.2. The zero-order valence-electron chi connectivity index (χ0n) is 25.4. The molecule has 2 aliphatic rings. The van der Waals surface area contributed by atoms with Crippen molar-refractivity contribution in [2.24, 2.45) is 5.92 Å². The Hall–Kier alpha value is -4.15. The van der Waals surface area contributed by atoms with E-state index < -0.39 is 5.60 Å². The van der Waals surface area contributed by atoms with Crippen LogP contribution in [0, 0.1) is 12.5 Å². The molecular weight excluding hydrogens is 536 g/mol. The number of carbonyl (C=O) groups is 1. The fourth-order valence-corrected chi connectivity index (χ4v) is 6.04. The van der Waals surface area contributed by atoms with E-state index in [1.54, 1.807) is 0 Å². The van der Waals surface area contributed by atoms with Gasteiger partial charge in [0.1, 0.15) is 18.0 Å². The van der Waals surface area contributed by atoms with E-state index in [9.17, 15) is 4.79 Å². The summed E-state index contributed by atoms with van der Waals surface area (Å²) in [5.74, 6) is 1.64. The number of likely N-dealkylation sites (tertiary alicyclic amines) is 1. The number of aromatic nitrogens is 2. The average molecular weight is 577 g/mol. The van der Waals surface area contributed by atoms with Crippen LogP contribution in [-0.2, 0) is 28.0 Å². The molecule has 43 heavy (non-hydrogen) atoms. The zero-order valence-corrected chi connectivity index (χ0v) is 25.4. The van der Waals surface area contributed by atoms with Crippen molar-refractivity contribution >= 4 is 22.8 Å². The quantitative estimate of drug-likeness (QED) is 0.199. The second-order valence-corrected chi connectivity index (χ2v) is 13.1. The largest absolute Gasteiger partial charge is 0.444 e. The summed E-state index contributed by atoms with van der Waals surface area (Å²) in [5, 5.41) is 0. The smallest absolute Gasteiger partial charge is 0.410 e. The van der Waals surface area contributed by atoms with E-state index in [0.29, 0.717) is 37.9 Å². The van der Waals surface area contributed by atoms with Crippen molar-refractivity contribution in [1.82, 2.24) is 14.5 Å². The summed E-state index contributed by atoms with van der Waals surface area (Å²) in [5.41, 5.74) is 5.51. The minimum Gasteiger partial charge on any atom is -0.444 e. The van der Waals surface area contributed by atoms with Crippen molar-refractivity contribution in [3.8, 4) is 11.1 Å². The lowest BCUT2D eigenvalue weighted by Crippen LogP contribution is -2.48. The maximum atomic E-state index is 12.8. The Labute approximate surface area is 254 Å². The predicted octanol–water partition coefficient (Wildman–Crippen LogP) is 8.15. The highest BCUT2D eigenvalue weighted by Crippen LogP contribution is 2.38. The zero-order chi connectivity index (χ0) is 30.0. The van der Waals surface area contributed by atoms with Crippen LogP contribution in [0.4, 0.5) is 10.5 Å². The van der Waals surface area contributed by atoms with Crippen molar-refractivity contribution in [3.63, 3.8) is 0 Å². The molecule has 0 N–H and O–H groups in total. The van der Waals surface area contributed by atoms with Gasteiger partial charge in [-0.1, -0.05) is 60.7 Å². The first kappa shape index (κ1) is 28.9. The monoisotopic (exact) mass is 576 g/mol. The van der Waals surface area contributed by atoms with Crippen LogP contribution < -0.4 is 0 Å². The van der Waals surface area contributed by atoms with Crippen LogP contribution in [0.25, 0.3) is 27.0 Å². The molecule has 4 aromatic rings. The molecule has 7 nitrogen and oxygen atoms in total. The predicted molar refractivity (Wildman–Crippen MR) is 169 cm³/mol. The maximum absolute atomic E-state index is 12.8. The molecule has 6 rings (SSSR count). The third kappa shape index (κ3) is 6.60. The highest BCUT2D eigenvalue weighted by Gasteiger charge is 2.39. The van der Waals surface area contributed by atoms with Gasteiger partial charge in [-0.15, -0.1) is 0 Å². The first-order valence-corrected chi connectivity index (χ1v) is 15.3. The highest BCUT2D eigenvalue weighted by atomic mass is 16.6. The van der Waals surface area contributed by atoms with Crippen LogP contribution in [0.1, 0.15) is 57.8 Å². The van der Waals surface area contributed by atoms with Gasteiger partial charge in [0.15, 0.2) is 5.69 Å². The van der Waals surface area contributed by atoms with Gasteiger partial charge in [0.05, 0.1) is 24.2 Å². The van der Waals surface area contributed by atoms with E-state index in [0.717, 1.165) is 47.4 Å². The summed E-state index contributed by atoms with van der Waals surface area (Å²) in [6.07, 6.45) is 3.88. The SMILES string of the molecule is [C-]#[N+]c1ccc(-c2ccc3nc(COCC4(c5ccccc5)CCN(C(=O)OC(C)(C)C)CC4)n(CC4CC4)c3c2)cc1. The lowest BCUT2D eigenvalue weighted by Gasteiger charge is -2.42. The number of ether oxygens (including phenoxy) is 2. The van der Waals surface area contributed by atoms with Crippen molar-refractivity contribution in [1.29, 1.82) is 0 Å². The van der Waals surface area contributed by atoms with Crippen LogP contribution >= 0.6 is 0 Å². The van der Waals surface area contributed by atoms with Crippen LogP contribution in [0.15, 0.2) is 72.8 Å². The molecule has 1 aromatic heterocycles. The molecule has 7 heteroatoms. The van der Waals surface area contributed by atoms with Gasteiger partial charge < -0.3 is 18.9 Å². The Morgan fingerprint density at radius 1 is 1.00 bits per heavy atom. The number of hydrogen-bond donors (Lipinski definition) is 0. The molecule has 1 amide bonds. The van der Waals surface area contributed by atoms with E-state index >= 15 is 0 Å². The molecule has 222 valence electrons. The summed E-state index contributed by atoms with van der Waals surface area (Å²) < 4.78 is 14.6. The topological polar surface area (TPSA) is 60.9 Å². The number of amides is 1. The lowest BCUT2D eigenvalue weighted by atomic mass is 9.73. The number of hydrogen-bond acceptors (Lipinski definition) is 4. The van der Waals surface area contributed by atoms with Crippen molar-refractivity contribution in [2.75, 3.05) is 19.7 Å². The summed E-state index contributed by atoms with van der Waals surface area (Å²) in [7, 11) is 0. The molecule has 0 atom stereocenters. The third-order valence-corrected chi connectivity index (χ3v) is 8.66. The van der Waals surface area contributed by atoms with Gasteiger partial charge in [0.25, 0.3) is 0 Å². The molecule has 1 aliphatic heterocycles. The number of benzene rings is 3. The van der Waals surface area contributed by atoms with Crippen LogP contribution in [0.5, 0.6) is 0 Å². The minimum atomic E-state index is -0.510. The van der Waals surface area contributed by atoms with Crippen LogP contribution in [0.3, 0.4) is 0 Å². The molecule has 0 radical (unpaired) electrons. The number of imidazole rings is 1. The van der Waals surface area contributed by atoms with E-state index in [1.165, 1.54) is 18.4 Å². The maximum Gasteiger partial charge on any atom is 0.410 e. The minimum absolute atomic E-state index is 0.183. The Morgan fingerprint density at radius 2 is 1.70 bits per heavy atom. The van der Waals surface area contributed by atoms with Gasteiger partial charge in [-0.2, -0.15) is 0 Å². The molecule has 2 fully saturated rings. The Kier molecular flexibility index (Phi) is 7.98.